The summed E-state index contributed by atoms with van der Waals surface area (Å²) in [6, 6.07) is 13.3. The molecule has 0 saturated heterocycles. The van der Waals surface area contributed by atoms with Gasteiger partial charge in [0.1, 0.15) is 0 Å². The highest BCUT2D eigenvalue weighted by Gasteiger charge is 2.11. The molecular formula is C12H12N2O. The van der Waals surface area contributed by atoms with Crippen LogP contribution in [-0.2, 0) is 0 Å². The molecule has 0 bridgehead atoms. The third-order valence-corrected chi connectivity index (χ3v) is 2.30. The average molecular weight is 200 g/mol. The van der Waals surface area contributed by atoms with E-state index < -0.39 is 0 Å². The summed E-state index contributed by atoms with van der Waals surface area (Å²) in [5.74, 6) is 0. The summed E-state index contributed by atoms with van der Waals surface area (Å²) in [6.45, 7) is 0. The minimum absolute atomic E-state index is 0.200. The highest BCUT2D eigenvalue weighted by molar-refractivity contribution is 5.29. The predicted molar refractivity (Wildman–Crippen MR) is 57.4 cm³/mol. The molecule has 0 aliphatic rings. The maximum absolute atomic E-state index is 9.16. The van der Waals surface area contributed by atoms with Crippen molar-refractivity contribution < 1.29 is 5.21 Å². The lowest BCUT2D eigenvalue weighted by Gasteiger charge is -2.15. The molecule has 1 aromatic carbocycles. The fraction of sp³-hybridized carbons (Fsp3) is 0.0833. The average Bonchev–Trinajstić information content (AvgIpc) is 2.33. The maximum atomic E-state index is 9.16. The van der Waals surface area contributed by atoms with Crippen LogP contribution in [0.25, 0.3) is 0 Å². The molecule has 15 heavy (non-hydrogen) atoms. The summed E-state index contributed by atoms with van der Waals surface area (Å²) in [4.78, 5) is 3.95. The summed E-state index contributed by atoms with van der Waals surface area (Å²) in [5, 5.41) is 9.16. The fourth-order valence-electron chi connectivity index (χ4n) is 1.54. The molecular weight excluding hydrogens is 188 g/mol. The van der Waals surface area contributed by atoms with Crippen LogP contribution in [0.3, 0.4) is 0 Å². The van der Waals surface area contributed by atoms with Crippen molar-refractivity contribution in [2.75, 3.05) is 0 Å². The van der Waals surface area contributed by atoms with Gasteiger partial charge in [0, 0.05) is 12.4 Å². The Morgan fingerprint density at radius 2 is 1.53 bits per heavy atom. The molecule has 1 atom stereocenters. The Bertz CT molecular complexity index is 363. The first-order valence-corrected chi connectivity index (χ1v) is 4.76. The molecule has 0 aliphatic heterocycles. The summed E-state index contributed by atoms with van der Waals surface area (Å²) < 4.78 is 0. The number of nitrogens with one attached hydrogen (secondary N) is 1. The number of hydroxylamine groups is 1. The smallest absolute Gasteiger partial charge is 0.0820 e. The first-order valence-electron chi connectivity index (χ1n) is 4.76. The van der Waals surface area contributed by atoms with Gasteiger partial charge in [-0.15, -0.1) is 0 Å². The second-order valence-electron chi connectivity index (χ2n) is 3.25. The molecule has 0 radical (unpaired) electrons. The molecule has 3 heteroatoms. The Labute approximate surface area is 88.4 Å². The molecule has 3 nitrogen and oxygen atoms in total. The van der Waals surface area contributed by atoms with Gasteiger partial charge in [-0.1, -0.05) is 30.3 Å². The lowest BCUT2D eigenvalue weighted by Crippen LogP contribution is -2.18. The Balaban J connectivity index is 2.34. The molecule has 2 aromatic rings. The molecule has 2 rings (SSSR count). The molecule has 0 aliphatic carbocycles. The van der Waals surface area contributed by atoms with Crippen LogP contribution in [0.4, 0.5) is 0 Å². The fourth-order valence-corrected chi connectivity index (χ4v) is 1.54. The van der Waals surface area contributed by atoms with Crippen molar-refractivity contribution in [3.63, 3.8) is 0 Å². The Morgan fingerprint density at radius 3 is 2.13 bits per heavy atom. The third-order valence-electron chi connectivity index (χ3n) is 2.30. The van der Waals surface area contributed by atoms with Crippen molar-refractivity contribution in [1.29, 1.82) is 0 Å². The minimum Gasteiger partial charge on any atom is -0.316 e. The molecule has 0 fully saturated rings. The zero-order valence-corrected chi connectivity index (χ0v) is 8.17. The number of nitrogens with zero attached hydrogens (tertiary/aromatic N) is 1. The van der Waals surface area contributed by atoms with Gasteiger partial charge in [-0.25, -0.2) is 0 Å². The number of pyridine rings is 1. The van der Waals surface area contributed by atoms with E-state index in [9.17, 15) is 0 Å². The largest absolute Gasteiger partial charge is 0.316 e. The van der Waals surface area contributed by atoms with Crippen molar-refractivity contribution >= 4 is 0 Å². The first-order chi connectivity index (χ1) is 7.42. The topological polar surface area (TPSA) is 45.1 Å². The Hall–Kier alpha value is -1.71. The standard InChI is InChI=1S/C12H12N2O/c15-14-12(10-4-2-1-3-5-10)11-6-8-13-9-7-11/h1-9,12,14-15H. The van der Waals surface area contributed by atoms with Gasteiger partial charge in [-0.2, -0.15) is 5.48 Å². The van der Waals surface area contributed by atoms with Crippen LogP contribution in [0.15, 0.2) is 54.9 Å². The highest BCUT2D eigenvalue weighted by atomic mass is 16.5. The summed E-state index contributed by atoms with van der Waals surface area (Å²) in [6.07, 6.45) is 3.42. The van der Waals surface area contributed by atoms with Gasteiger partial charge in [0.25, 0.3) is 0 Å². The van der Waals surface area contributed by atoms with Crippen LogP contribution in [-0.4, -0.2) is 10.2 Å². The van der Waals surface area contributed by atoms with E-state index >= 15 is 0 Å². The van der Waals surface area contributed by atoms with E-state index in [-0.39, 0.29) is 6.04 Å². The maximum Gasteiger partial charge on any atom is 0.0820 e. The van der Waals surface area contributed by atoms with E-state index in [0.29, 0.717) is 0 Å². The molecule has 76 valence electrons. The third kappa shape index (κ3) is 2.21. The van der Waals surface area contributed by atoms with Gasteiger partial charge in [0.05, 0.1) is 6.04 Å². The molecule has 1 heterocycles. The Kier molecular flexibility index (Phi) is 3.07. The molecule has 0 saturated carbocycles. The van der Waals surface area contributed by atoms with E-state index in [0.717, 1.165) is 11.1 Å². The van der Waals surface area contributed by atoms with Crippen LogP contribution in [0.2, 0.25) is 0 Å². The SMILES string of the molecule is ONC(c1ccccc1)c1ccncc1. The van der Waals surface area contributed by atoms with Crippen molar-refractivity contribution in [2.24, 2.45) is 0 Å². The van der Waals surface area contributed by atoms with Crippen LogP contribution >= 0.6 is 0 Å². The normalized spacial score (nSPS) is 12.3. The van der Waals surface area contributed by atoms with Crippen LogP contribution < -0.4 is 5.48 Å². The van der Waals surface area contributed by atoms with Gasteiger partial charge < -0.3 is 5.21 Å². The van der Waals surface area contributed by atoms with Crippen molar-refractivity contribution in [3.05, 3.63) is 66.0 Å². The number of benzene rings is 1. The van der Waals surface area contributed by atoms with Crippen molar-refractivity contribution in [3.8, 4) is 0 Å². The van der Waals surface area contributed by atoms with Gasteiger partial charge in [-0.05, 0) is 23.3 Å². The first kappa shape index (κ1) is 9.83. The second kappa shape index (κ2) is 4.68. The number of hydrogen-bond donors (Lipinski definition) is 2. The van der Waals surface area contributed by atoms with Gasteiger partial charge in [-0.3, -0.25) is 4.98 Å². The summed E-state index contributed by atoms with van der Waals surface area (Å²) in [7, 11) is 0. The van der Waals surface area contributed by atoms with Gasteiger partial charge >= 0.3 is 0 Å². The van der Waals surface area contributed by atoms with Crippen molar-refractivity contribution in [2.45, 2.75) is 6.04 Å². The molecule has 1 unspecified atom stereocenters. The number of hydrogen-bond acceptors (Lipinski definition) is 3. The van der Waals surface area contributed by atoms with E-state index in [1.165, 1.54) is 0 Å². The zero-order chi connectivity index (χ0) is 10.5. The van der Waals surface area contributed by atoms with Crippen LogP contribution in [0, 0.1) is 0 Å². The number of rotatable bonds is 3. The molecule has 0 amide bonds. The quantitative estimate of drug-likeness (QED) is 0.746. The van der Waals surface area contributed by atoms with E-state index in [4.69, 9.17) is 5.21 Å². The lowest BCUT2D eigenvalue weighted by atomic mass is 10.0. The number of aromatic nitrogens is 1. The van der Waals surface area contributed by atoms with Crippen molar-refractivity contribution in [1.82, 2.24) is 10.5 Å². The van der Waals surface area contributed by atoms with E-state index in [2.05, 4.69) is 10.5 Å². The predicted octanol–water partition coefficient (Wildman–Crippen LogP) is 2.15. The minimum atomic E-state index is -0.200. The van der Waals surface area contributed by atoms with Crippen LogP contribution in [0.1, 0.15) is 17.2 Å². The van der Waals surface area contributed by atoms with E-state index in [1.54, 1.807) is 12.4 Å². The Morgan fingerprint density at radius 1 is 0.933 bits per heavy atom. The molecule has 2 N–H and O–H groups in total. The van der Waals surface area contributed by atoms with E-state index in [1.807, 2.05) is 42.5 Å². The lowest BCUT2D eigenvalue weighted by molar-refractivity contribution is 0.141. The molecule has 1 aromatic heterocycles. The highest BCUT2D eigenvalue weighted by Crippen LogP contribution is 2.20. The second-order valence-corrected chi connectivity index (χ2v) is 3.25. The summed E-state index contributed by atoms with van der Waals surface area (Å²) in [5.41, 5.74) is 4.31. The zero-order valence-electron chi connectivity index (χ0n) is 8.17. The van der Waals surface area contributed by atoms with Crippen LogP contribution in [0.5, 0.6) is 0 Å². The molecule has 0 spiro atoms. The van der Waals surface area contributed by atoms with Gasteiger partial charge in [0.15, 0.2) is 0 Å². The van der Waals surface area contributed by atoms with Gasteiger partial charge in [0.2, 0.25) is 0 Å². The summed E-state index contributed by atoms with van der Waals surface area (Å²) >= 11 is 0. The monoisotopic (exact) mass is 200 g/mol.